The van der Waals surface area contributed by atoms with E-state index >= 15 is 4.39 Å². The Balaban J connectivity index is 1.58. The SMILES string of the molecule is COC(=O)[C@@H](OC(C)(C)C)c1c(C)c(C)c2nc3cn2c1N1CCC(C)(CC1)OCCOC[C@H](C)Oc1cc(C)cc(F)c1-c1cccc-3c1. The van der Waals surface area contributed by atoms with E-state index in [9.17, 15) is 4.79 Å². The first-order valence-electron chi connectivity index (χ1n) is 17.5. The average molecular weight is 688 g/mol. The van der Waals surface area contributed by atoms with Crippen LogP contribution in [0.1, 0.15) is 75.8 Å². The van der Waals surface area contributed by atoms with Gasteiger partial charge in [0, 0.05) is 30.4 Å². The second-order valence-electron chi connectivity index (χ2n) is 14.9. The molecular weight excluding hydrogens is 637 g/mol. The number of hydrogen-bond donors (Lipinski definition) is 0. The van der Waals surface area contributed by atoms with Gasteiger partial charge in [-0.3, -0.25) is 4.40 Å². The number of aromatic nitrogens is 2. The van der Waals surface area contributed by atoms with Gasteiger partial charge in [0.25, 0.3) is 0 Å². The van der Waals surface area contributed by atoms with E-state index in [4.69, 9.17) is 28.7 Å². The van der Waals surface area contributed by atoms with E-state index in [2.05, 4.69) is 16.2 Å². The highest BCUT2D eigenvalue weighted by Crippen LogP contribution is 2.42. The molecule has 9 nitrogen and oxygen atoms in total. The Morgan fingerprint density at radius 1 is 1.06 bits per heavy atom. The summed E-state index contributed by atoms with van der Waals surface area (Å²) >= 11 is 0. The summed E-state index contributed by atoms with van der Waals surface area (Å²) in [4.78, 5) is 21.0. The first kappa shape index (κ1) is 35.8. The number of halogens is 1. The molecule has 50 heavy (non-hydrogen) atoms. The van der Waals surface area contributed by atoms with Crippen LogP contribution in [-0.2, 0) is 23.7 Å². The molecule has 0 saturated carbocycles. The van der Waals surface area contributed by atoms with Gasteiger partial charge in [-0.25, -0.2) is 14.2 Å². The molecule has 10 heteroatoms. The van der Waals surface area contributed by atoms with Gasteiger partial charge in [0.15, 0.2) is 6.10 Å². The van der Waals surface area contributed by atoms with Crippen LogP contribution in [0.3, 0.4) is 0 Å². The Morgan fingerprint density at radius 3 is 2.48 bits per heavy atom. The minimum atomic E-state index is -0.968. The van der Waals surface area contributed by atoms with E-state index in [1.165, 1.54) is 13.2 Å². The Hall–Kier alpha value is -3.99. The maximum atomic E-state index is 15.8. The molecule has 0 N–H and O–H groups in total. The molecule has 6 bridgehead atoms. The molecule has 5 heterocycles. The molecule has 0 radical (unpaired) electrons. The first-order valence-corrected chi connectivity index (χ1v) is 17.5. The van der Waals surface area contributed by atoms with E-state index in [1.807, 2.05) is 85.0 Å². The Bertz CT molecular complexity index is 1890. The molecule has 0 unspecified atom stereocenters. The molecule has 2 atom stereocenters. The van der Waals surface area contributed by atoms with E-state index in [1.54, 1.807) is 0 Å². The highest BCUT2D eigenvalue weighted by molar-refractivity contribution is 5.83. The van der Waals surface area contributed by atoms with Crippen molar-refractivity contribution in [2.24, 2.45) is 0 Å². The molecule has 4 aromatic rings. The van der Waals surface area contributed by atoms with Crippen LogP contribution in [0.2, 0.25) is 0 Å². The van der Waals surface area contributed by atoms with Crippen LogP contribution in [0.4, 0.5) is 10.2 Å². The van der Waals surface area contributed by atoms with Crippen LogP contribution >= 0.6 is 0 Å². The number of ether oxygens (including phenoxy) is 5. The molecule has 0 amide bonds. The summed E-state index contributed by atoms with van der Waals surface area (Å²) in [6.45, 7) is 18.3. The van der Waals surface area contributed by atoms with Crippen molar-refractivity contribution in [3.63, 3.8) is 0 Å². The number of rotatable bonds is 3. The predicted molar refractivity (Wildman–Crippen MR) is 193 cm³/mol. The molecule has 1 saturated heterocycles. The maximum Gasteiger partial charge on any atom is 0.339 e. The monoisotopic (exact) mass is 687 g/mol. The largest absolute Gasteiger partial charge is 0.488 e. The number of methoxy groups -OCH3 is 1. The lowest BCUT2D eigenvalue weighted by Crippen LogP contribution is -2.46. The third-order valence-electron chi connectivity index (χ3n) is 9.75. The topological polar surface area (TPSA) is 83.8 Å². The van der Waals surface area contributed by atoms with Crippen molar-refractivity contribution in [3.05, 3.63) is 70.7 Å². The van der Waals surface area contributed by atoms with E-state index < -0.39 is 17.7 Å². The van der Waals surface area contributed by atoms with Gasteiger partial charge in [-0.15, -0.1) is 0 Å². The molecule has 3 aliphatic heterocycles. The van der Waals surface area contributed by atoms with Crippen LogP contribution in [0.15, 0.2) is 42.6 Å². The van der Waals surface area contributed by atoms with Gasteiger partial charge < -0.3 is 28.6 Å². The van der Waals surface area contributed by atoms with Crippen LogP contribution in [0.25, 0.3) is 28.0 Å². The van der Waals surface area contributed by atoms with E-state index in [-0.39, 0.29) is 17.5 Å². The average Bonchev–Trinajstić information content (AvgIpc) is 3.50. The summed E-state index contributed by atoms with van der Waals surface area (Å²) in [6, 6.07) is 11.1. The number of carbonyl (C=O) groups is 1. The number of hydrogen-bond acceptors (Lipinski definition) is 8. The fourth-order valence-electron chi connectivity index (χ4n) is 7.04. The lowest BCUT2D eigenvalue weighted by atomic mass is 9.92. The molecular formula is C40H50FN3O6. The maximum absolute atomic E-state index is 15.8. The standard InChI is InChI=1S/C40H50FN3O6/c1-24-19-30(41)34-29-12-10-11-28(21-29)31-22-44-36(42-31)27(4)26(3)33(35(38(45)46-9)50-39(5,6)7)37(44)43-15-13-40(8,14-16-43)48-18-17-47-23-25(2)49-32(34)20-24/h10-12,19-22,25,35H,13-18,23H2,1-9H3/t25-,35-/m0/s1. The summed E-state index contributed by atoms with van der Waals surface area (Å²) in [7, 11) is 1.39. The number of fused-ring (bicyclic) bond motifs is 8. The fourth-order valence-corrected chi connectivity index (χ4v) is 7.04. The van der Waals surface area contributed by atoms with Gasteiger partial charge in [0.2, 0.25) is 0 Å². The summed E-state index contributed by atoms with van der Waals surface area (Å²) in [5, 5.41) is 0. The van der Waals surface area contributed by atoms with Gasteiger partial charge in [0.1, 0.15) is 29.1 Å². The molecule has 268 valence electrons. The van der Waals surface area contributed by atoms with Crippen molar-refractivity contribution >= 4 is 17.4 Å². The third-order valence-corrected chi connectivity index (χ3v) is 9.75. The predicted octanol–water partition coefficient (Wildman–Crippen LogP) is 7.93. The quantitative estimate of drug-likeness (QED) is 0.159. The molecule has 0 spiro atoms. The Morgan fingerprint density at radius 2 is 1.78 bits per heavy atom. The molecule has 1 fully saturated rings. The second-order valence-corrected chi connectivity index (χ2v) is 14.9. The summed E-state index contributed by atoms with van der Waals surface area (Å²) < 4.78 is 48.4. The lowest BCUT2D eigenvalue weighted by Gasteiger charge is -2.42. The lowest BCUT2D eigenvalue weighted by molar-refractivity contribution is -0.164. The van der Waals surface area contributed by atoms with Crippen LogP contribution < -0.4 is 9.64 Å². The minimum absolute atomic E-state index is 0.309. The van der Waals surface area contributed by atoms with Crippen molar-refractivity contribution in [3.8, 4) is 28.1 Å². The zero-order chi connectivity index (χ0) is 36.0. The molecule has 2 aromatic heterocycles. The van der Waals surface area contributed by atoms with Gasteiger partial charge in [-0.1, -0.05) is 18.2 Å². The number of imidazole rings is 1. The highest BCUT2D eigenvalue weighted by atomic mass is 19.1. The number of anilines is 1. The van der Waals surface area contributed by atoms with Crippen LogP contribution in [0.5, 0.6) is 5.75 Å². The number of esters is 1. The van der Waals surface area contributed by atoms with Crippen LogP contribution in [0, 0.1) is 26.6 Å². The number of pyridine rings is 1. The first-order chi connectivity index (χ1) is 23.7. The molecule has 7 rings (SSSR count). The minimum Gasteiger partial charge on any atom is -0.488 e. The summed E-state index contributed by atoms with van der Waals surface area (Å²) in [5.41, 5.74) is 5.76. The molecule has 2 aromatic carbocycles. The number of aryl methyl sites for hydroxylation is 2. The number of carbonyl (C=O) groups excluding carboxylic acids is 1. The molecule has 3 aliphatic rings. The van der Waals surface area contributed by atoms with Crippen molar-refractivity contribution in [2.45, 2.75) is 91.6 Å². The smallest absolute Gasteiger partial charge is 0.339 e. The van der Waals surface area contributed by atoms with Crippen molar-refractivity contribution in [2.75, 3.05) is 44.9 Å². The van der Waals surface area contributed by atoms with E-state index in [0.717, 1.165) is 57.8 Å². The second kappa shape index (κ2) is 14.0. The van der Waals surface area contributed by atoms with Crippen molar-refractivity contribution in [1.82, 2.24) is 9.38 Å². The highest BCUT2D eigenvalue weighted by Gasteiger charge is 2.38. The zero-order valence-electron chi connectivity index (χ0n) is 30.8. The normalized spacial score (nSPS) is 20.8. The Labute approximate surface area is 294 Å². The summed E-state index contributed by atoms with van der Waals surface area (Å²) in [5.74, 6) is 0.473. The third kappa shape index (κ3) is 7.24. The number of benzene rings is 2. The van der Waals surface area contributed by atoms with Gasteiger partial charge in [-0.05, 0) is 109 Å². The summed E-state index contributed by atoms with van der Waals surface area (Å²) in [6.07, 6.45) is 2.28. The zero-order valence-corrected chi connectivity index (χ0v) is 30.8. The Kier molecular flexibility index (Phi) is 10.0. The van der Waals surface area contributed by atoms with Crippen LogP contribution in [-0.4, -0.2) is 72.7 Å². The van der Waals surface area contributed by atoms with Gasteiger partial charge >= 0.3 is 5.97 Å². The van der Waals surface area contributed by atoms with E-state index in [0.29, 0.717) is 49.8 Å². The number of nitrogens with zero attached hydrogens (tertiary/aromatic N) is 3. The van der Waals surface area contributed by atoms with Crippen molar-refractivity contribution in [1.29, 1.82) is 0 Å². The molecule has 0 aliphatic carbocycles. The number of piperidine rings is 1. The van der Waals surface area contributed by atoms with Gasteiger partial charge in [-0.2, -0.15) is 0 Å². The van der Waals surface area contributed by atoms with Crippen molar-refractivity contribution < 1.29 is 32.9 Å². The fraction of sp³-hybridized carbons (Fsp3) is 0.500. The van der Waals surface area contributed by atoms with Gasteiger partial charge in [0.05, 0.1) is 49.4 Å².